The Morgan fingerprint density at radius 3 is 1.94 bits per heavy atom. The molecule has 4 rings (SSSR count). The smallest absolute Gasteiger partial charge is 0.250 e. The molecular weight excluding hydrogens is 486 g/mol. The van der Waals surface area contributed by atoms with E-state index in [0.29, 0.717) is 27.7 Å². The third-order valence-electron chi connectivity index (χ3n) is 4.34. The van der Waals surface area contributed by atoms with E-state index in [9.17, 15) is 5.11 Å². The monoisotopic (exact) mass is 505 g/mol. The minimum absolute atomic E-state index is 0.0216. The van der Waals surface area contributed by atoms with Gasteiger partial charge < -0.3 is 20.5 Å². The van der Waals surface area contributed by atoms with Gasteiger partial charge in [-0.15, -0.1) is 0 Å². The molecule has 0 aliphatic carbocycles. The molecule has 3 aromatic carbocycles. The molecule has 166 valence electrons. The van der Waals surface area contributed by atoms with Gasteiger partial charge in [0.1, 0.15) is 0 Å². The van der Waals surface area contributed by atoms with Gasteiger partial charge in [-0.1, -0.05) is 36.4 Å². The van der Waals surface area contributed by atoms with E-state index in [1.54, 1.807) is 18.3 Å². The summed E-state index contributed by atoms with van der Waals surface area (Å²) in [5.41, 5.74) is 5.20. The zero-order chi connectivity index (χ0) is 23.0. The van der Waals surface area contributed by atoms with E-state index in [1.807, 2.05) is 60.7 Å². The second-order valence-corrected chi connectivity index (χ2v) is 7.57. The number of para-hydroxylation sites is 2. The zero-order valence-electron chi connectivity index (χ0n) is 17.5. The van der Waals surface area contributed by atoms with Crippen molar-refractivity contribution in [2.24, 2.45) is 5.10 Å². The lowest BCUT2D eigenvalue weighted by Crippen LogP contribution is -2.07. The van der Waals surface area contributed by atoms with E-state index in [4.69, 9.17) is 4.74 Å². The highest BCUT2D eigenvalue weighted by molar-refractivity contribution is 9.10. The fraction of sp³-hybridized carbons (Fsp3) is 0.0435. The van der Waals surface area contributed by atoms with Crippen LogP contribution in [0.4, 0.5) is 29.2 Å². The second-order valence-electron chi connectivity index (χ2n) is 6.71. The molecule has 9 nitrogen and oxygen atoms in total. The van der Waals surface area contributed by atoms with E-state index in [2.05, 4.69) is 52.0 Å². The average molecular weight is 506 g/mol. The van der Waals surface area contributed by atoms with Gasteiger partial charge in [0.05, 0.1) is 17.8 Å². The van der Waals surface area contributed by atoms with Crippen LogP contribution in [-0.4, -0.2) is 33.4 Å². The quantitative estimate of drug-likeness (QED) is 0.188. The standard InChI is InChI=1S/C23H20BrN7O2/c1-33-19-13-15(12-18(24)20(19)32)14-25-31-23-29-21(26-16-8-4-2-5-9-16)28-22(30-23)27-17-10-6-3-7-11-17/h2-14,32H,1H3,(H3,26,27,28,29,30,31)/b25-14+. The number of methoxy groups -OCH3 is 1. The predicted molar refractivity (Wildman–Crippen MR) is 133 cm³/mol. The number of benzene rings is 3. The Labute approximate surface area is 198 Å². The van der Waals surface area contributed by atoms with Gasteiger partial charge in [-0.3, -0.25) is 0 Å². The van der Waals surface area contributed by atoms with Gasteiger partial charge in [0.15, 0.2) is 11.5 Å². The Bertz CT molecular complexity index is 1190. The fourth-order valence-corrected chi connectivity index (χ4v) is 3.29. The number of aromatic nitrogens is 3. The largest absolute Gasteiger partial charge is 0.503 e. The van der Waals surface area contributed by atoms with Crippen LogP contribution in [0.3, 0.4) is 0 Å². The van der Waals surface area contributed by atoms with E-state index in [0.717, 1.165) is 11.4 Å². The van der Waals surface area contributed by atoms with Gasteiger partial charge in [0.2, 0.25) is 17.8 Å². The number of aromatic hydroxyl groups is 1. The molecule has 33 heavy (non-hydrogen) atoms. The minimum Gasteiger partial charge on any atom is -0.503 e. The highest BCUT2D eigenvalue weighted by Crippen LogP contribution is 2.34. The molecule has 0 aliphatic heterocycles. The zero-order valence-corrected chi connectivity index (χ0v) is 19.1. The van der Waals surface area contributed by atoms with E-state index in [-0.39, 0.29) is 11.7 Å². The molecule has 4 N–H and O–H groups in total. The van der Waals surface area contributed by atoms with Crippen LogP contribution in [0, 0.1) is 0 Å². The molecule has 0 bridgehead atoms. The molecule has 0 radical (unpaired) electrons. The average Bonchev–Trinajstić information content (AvgIpc) is 2.82. The lowest BCUT2D eigenvalue weighted by atomic mass is 10.2. The molecule has 0 aliphatic rings. The maximum Gasteiger partial charge on any atom is 0.250 e. The predicted octanol–water partition coefficient (Wildman–Crippen LogP) is 5.28. The van der Waals surface area contributed by atoms with Crippen LogP contribution in [0.25, 0.3) is 0 Å². The van der Waals surface area contributed by atoms with Gasteiger partial charge in [0, 0.05) is 11.4 Å². The van der Waals surface area contributed by atoms with Crippen LogP contribution in [0.15, 0.2) is 82.4 Å². The Morgan fingerprint density at radius 1 is 0.848 bits per heavy atom. The van der Waals surface area contributed by atoms with Gasteiger partial charge in [-0.25, -0.2) is 5.43 Å². The highest BCUT2D eigenvalue weighted by atomic mass is 79.9. The summed E-state index contributed by atoms with van der Waals surface area (Å²) in [6, 6.07) is 22.5. The van der Waals surface area contributed by atoms with Crippen LogP contribution in [0.5, 0.6) is 11.5 Å². The Kier molecular flexibility index (Phi) is 6.96. The molecule has 0 amide bonds. The van der Waals surface area contributed by atoms with Crippen molar-refractivity contribution in [2.75, 3.05) is 23.2 Å². The number of anilines is 5. The molecule has 1 aromatic heterocycles. The van der Waals surface area contributed by atoms with E-state index < -0.39 is 0 Å². The van der Waals surface area contributed by atoms with E-state index in [1.165, 1.54) is 7.11 Å². The maximum absolute atomic E-state index is 9.96. The van der Waals surface area contributed by atoms with Crippen molar-refractivity contribution in [3.63, 3.8) is 0 Å². The molecule has 4 aromatic rings. The summed E-state index contributed by atoms with van der Waals surface area (Å²) in [5, 5.41) is 20.5. The first kappa shape index (κ1) is 22.0. The summed E-state index contributed by atoms with van der Waals surface area (Å²) in [7, 11) is 1.48. The Morgan fingerprint density at radius 2 is 1.39 bits per heavy atom. The minimum atomic E-state index is 0.0216. The normalized spacial score (nSPS) is 10.7. The van der Waals surface area contributed by atoms with Crippen LogP contribution in [0.1, 0.15) is 5.56 Å². The third kappa shape index (κ3) is 5.95. The lowest BCUT2D eigenvalue weighted by molar-refractivity contribution is 0.372. The van der Waals surface area contributed by atoms with Crippen LogP contribution >= 0.6 is 15.9 Å². The van der Waals surface area contributed by atoms with E-state index >= 15 is 0 Å². The number of nitrogens with zero attached hydrogens (tertiary/aromatic N) is 4. The highest BCUT2D eigenvalue weighted by Gasteiger charge is 2.09. The van der Waals surface area contributed by atoms with Gasteiger partial charge in [-0.2, -0.15) is 20.1 Å². The summed E-state index contributed by atoms with van der Waals surface area (Å²) in [6.07, 6.45) is 1.56. The molecule has 0 saturated heterocycles. The number of halogens is 1. The molecule has 0 fully saturated rings. The second kappa shape index (κ2) is 10.4. The summed E-state index contributed by atoms with van der Waals surface area (Å²) >= 11 is 3.30. The number of nitrogens with one attached hydrogen (secondary N) is 3. The number of hydrogen-bond donors (Lipinski definition) is 4. The van der Waals surface area contributed by atoms with Crippen molar-refractivity contribution < 1.29 is 9.84 Å². The SMILES string of the molecule is COc1cc(/C=N/Nc2nc(Nc3ccccc3)nc(Nc3ccccc3)n2)cc(Br)c1O. The van der Waals surface area contributed by atoms with Crippen molar-refractivity contribution >= 4 is 51.4 Å². The third-order valence-corrected chi connectivity index (χ3v) is 4.95. The first-order valence-corrected chi connectivity index (χ1v) is 10.7. The van der Waals surface area contributed by atoms with Gasteiger partial charge >= 0.3 is 0 Å². The molecule has 1 heterocycles. The Balaban J connectivity index is 1.58. The van der Waals surface area contributed by atoms with Crippen LogP contribution in [-0.2, 0) is 0 Å². The summed E-state index contributed by atoms with van der Waals surface area (Å²) in [6.45, 7) is 0. The first-order chi connectivity index (χ1) is 16.1. The van der Waals surface area contributed by atoms with Crippen molar-refractivity contribution in [1.29, 1.82) is 0 Å². The number of hydrogen-bond acceptors (Lipinski definition) is 9. The van der Waals surface area contributed by atoms with Crippen LogP contribution < -0.4 is 20.8 Å². The van der Waals surface area contributed by atoms with Gasteiger partial charge in [-0.05, 0) is 57.9 Å². The molecule has 10 heteroatoms. The topological polar surface area (TPSA) is 117 Å². The summed E-state index contributed by atoms with van der Waals surface area (Å²) in [4.78, 5) is 13.2. The van der Waals surface area contributed by atoms with Crippen molar-refractivity contribution in [2.45, 2.75) is 0 Å². The van der Waals surface area contributed by atoms with Crippen LogP contribution in [0.2, 0.25) is 0 Å². The number of hydrazone groups is 1. The Hall–Kier alpha value is -4.18. The van der Waals surface area contributed by atoms with Gasteiger partial charge in [0.25, 0.3) is 0 Å². The number of ether oxygens (including phenoxy) is 1. The fourth-order valence-electron chi connectivity index (χ4n) is 2.83. The summed E-state index contributed by atoms with van der Waals surface area (Å²) in [5.74, 6) is 1.29. The molecule has 0 unspecified atom stereocenters. The molecule has 0 saturated carbocycles. The molecule has 0 spiro atoms. The number of phenolic OH excluding ortho intramolecular Hbond substituents is 1. The number of phenols is 1. The molecule has 0 atom stereocenters. The maximum atomic E-state index is 9.96. The lowest BCUT2D eigenvalue weighted by Gasteiger charge is -2.10. The van der Waals surface area contributed by atoms with Crippen molar-refractivity contribution in [3.05, 3.63) is 82.8 Å². The summed E-state index contributed by atoms with van der Waals surface area (Å²) < 4.78 is 5.66. The van der Waals surface area contributed by atoms with Crippen molar-refractivity contribution in [1.82, 2.24) is 15.0 Å². The number of rotatable bonds is 8. The molecular formula is C23H20BrN7O2. The van der Waals surface area contributed by atoms with Crippen molar-refractivity contribution in [3.8, 4) is 11.5 Å². The first-order valence-electron chi connectivity index (χ1n) is 9.86.